The largest absolute Gasteiger partial charge is 0.356 e. The van der Waals surface area contributed by atoms with E-state index in [-0.39, 0.29) is 0 Å². The van der Waals surface area contributed by atoms with Gasteiger partial charge in [0.15, 0.2) is 0 Å². The van der Waals surface area contributed by atoms with Crippen molar-refractivity contribution < 1.29 is 0 Å². The molecule has 1 rings (SSSR count). The van der Waals surface area contributed by atoms with E-state index >= 15 is 0 Å². The number of aryl methyl sites for hydroxylation is 1. The molecule has 1 N–H and O–H groups in total. The van der Waals surface area contributed by atoms with Gasteiger partial charge in [-0.25, -0.2) is 4.98 Å². The van der Waals surface area contributed by atoms with Gasteiger partial charge in [0.25, 0.3) is 0 Å². The van der Waals surface area contributed by atoms with Crippen LogP contribution >= 0.6 is 0 Å². The fourth-order valence-electron chi connectivity index (χ4n) is 1.86. The van der Waals surface area contributed by atoms with Crippen LogP contribution in [0.25, 0.3) is 0 Å². The van der Waals surface area contributed by atoms with Crippen LogP contribution in [0.1, 0.15) is 31.5 Å². The minimum Gasteiger partial charge on any atom is -0.356 e. The Bertz CT molecular complexity index is 399. The highest BCUT2D eigenvalue weighted by Crippen LogP contribution is 2.14. The zero-order valence-corrected chi connectivity index (χ0v) is 12.1. The summed E-state index contributed by atoms with van der Waals surface area (Å²) in [5, 5.41) is 3.41. The highest BCUT2D eigenvalue weighted by Gasteiger charge is 2.05. The summed E-state index contributed by atoms with van der Waals surface area (Å²) in [7, 11) is 2.05. The van der Waals surface area contributed by atoms with Gasteiger partial charge in [-0.1, -0.05) is 25.1 Å². The zero-order chi connectivity index (χ0) is 13.5. The fraction of sp³-hybridized carbons (Fsp3) is 0.533. The predicted molar refractivity (Wildman–Crippen MR) is 79.1 cm³/mol. The summed E-state index contributed by atoms with van der Waals surface area (Å²) in [6.07, 6.45) is 1.16. The Morgan fingerprint density at radius 3 is 2.72 bits per heavy atom. The maximum atomic E-state index is 4.65. The number of nitrogens with one attached hydrogen (secondary N) is 1. The summed E-state index contributed by atoms with van der Waals surface area (Å²) in [6, 6.07) is 4.24. The topological polar surface area (TPSA) is 28.2 Å². The van der Waals surface area contributed by atoms with Crippen molar-refractivity contribution in [3.63, 3.8) is 0 Å². The van der Waals surface area contributed by atoms with E-state index in [4.69, 9.17) is 0 Å². The molecule has 1 heterocycles. The maximum Gasteiger partial charge on any atom is 0.128 e. The van der Waals surface area contributed by atoms with Crippen LogP contribution in [-0.2, 0) is 6.54 Å². The molecule has 1 aromatic rings. The number of aromatic nitrogens is 1. The molecule has 0 unspecified atom stereocenters. The molecule has 0 aliphatic heterocycles. The second-order valence-electron chi connectivity index (χ2n) is 4.90. The Morgan fingerprint density at radius 2 is 2.17 bits per heavy atom. The van der Waals surface area contributed by atoms with Crippen molar-refractivity contribution in [2.24, 2.45) is 0 Å². The molecule has 0 amide bonds. The minimum atomic E-state index is 0.847. The number of anilines is 1. The third kappa shape index (κ3) is 4.49. The van der Waals surface area contributed by atoms with Crippen molar-refractivity contribution in [3.05, 3.63) is 35.5 Å². The minimum absolute atomic E-state index is 0.847. The van der Waals surface area contributed by atoms with Crippen LogP contribution in [-0.4, -0.2) is 25.1 Å². The Hall–Kier alpha value is -1.35. The van der Waals surface area contributed by atoms with Gasteiger partial charge >= 0.3 is 0 Å². The molecule has 3 nitrogen and oxygen atoms in total. The van der Waals surface area contributed by atoms with Crippen LogP contribution < -0.4 is 10.2 Å². The Morgan fingerprint density at radius 1 is 1.44 bits per heavy atom. The smallest absolute Gasteiger partial charge is 0.128 e. The van der Waals surface area contributed by atoms with Crippen LogP contribution in [0.5, 0.6) is 0 Å². The van der Waals surface area contributed by atoms with E-state index in [1.807, 2.05) is 14.0 Å². The van der Waals surface area contributed by atoms with Crippen LogP contribution in [0.2, 0.25) is 0 Å². The van der Waals surface area contributed by atoms with Gasteiger partial charge in [0.2, 0.25) is 0 Å². The third-order valence-corrected chi connectivity index (χ3v) is 2.82. The standard InChI is InChI=1S/C15H25N3/c1-6-9-16-10-14-7-8-15(17-13(14)4)18(5)11-12(2)3/h7-8,16H,2,6,9-11H2,1,3-5H3. The summed E-state index contributed by atoms with van der Waals surface area (Å²) in [6.45, 7) is 13.0. The van der Waals surface area contributed by atoms with E-state index in [2.05, 4.69) is 47.8 Å². The zero-order valence-electron chi connectivity index (χ0n) is 12.1. The van der Waals surface area contributed by atoms with Gasteiger partial charge in [0, 0.05) is 25.8 Å². The third-order valence-electron chi connectivity index (χ3n) is 2.82. The van der Waals surface area contributed by atoms with E-state index in [1.54, 1.807) is 0 Å². The molecular formula is C15H25N3. The lowest BCUT2D eigenvalue weighted by Crippen LogP contribution is -2.21. The number of likely N-dealkylation sites (N-methyl/N-ethyl adjacent to an activating group) is 1. The van der Waals surface area contributed by atoms with Crippen molar-refractivity contribution in [3.8, 4) is 0 Å². The summed E-state index contributed by atoms with van der Waals surface area (Å²) in [5.41, 5.74) is 3.52. The number of rotatable bonds is 7. The molecule has 0 aliphatic carbocycles. The second kappa shape index (κ2) is 7.17. The number of pyridine rings is 1. The van der Waals surface area contributed by atoms with Gasteiger partial charge in [0.05, 0.1) is 0 Å². The average molecular weight is 247 g/mol. The summed E-state index contributed by atoms with van der Waals surface area (Å²) in [4.78, 5) is 6.77. The van der Waals surface area contributed by atoms with Crippen LogP contribution in [0, 0.1) is 6.92 Å². The van der Waals surface area contributed by atoms with Gasteiger partial charge in [0.1, 0.15) is 5.82 Å². The lowest BCUT2D eigenvalue weighted by atomic mass is 10.2. The highest BCUT2D eigenvalue weighted by molar-refractivity contribution is 5.42. The molecule has 0 spiro atoms. The van der Waals surface area contributed by atoms with Crippen molar-refractivity contribution in [2.45, 2.75) is 33.7 Å². The highest BCUT2D eigenvalue weighted by atomic mass is 15.2. The number of nitrogens with zero attached hydrogens (tertiary/aromatic N) is 2. The van der Waals surface area contributed by atoms with E-state index < -0.39 is 0 Å². The first kappa shape index (κ1) is 14.7. The lowest BCUT2D eigenvalue weighted by Gasteiger charge is -2.19. The van der Waals surface area contributed by atoms with Gasteiger partial charge in [-0.2, -0.15) is 0 Å². The van der Waals surface area contributed by atoms with Crippen molar-refractivity contribution >= 4 is 5.82 Å². The quantitative estimate of drug-likeness (QED) is 0.593. The van der Waals surface area contributed by atoms with Crippen LogP contribution in [0.3, 0.4) is 0 Å². The van der Waals surface area contributed by atoms with Crippen molar-refractivity contribution in [2.75, 3.05) is 25.0 Å². The van der Waals surface area contributed by atoms with E-state index in [0.29, 0.717) is 0 Å². The first-order chi connectivity index (χ1) is 8.54. The second-order valence-corrected chi connectivity index (χ2v) is 4.90. The molecule has 3 heteroatoms. The average Bonchev–Trinajstić information content (AvgIpc) is 2.30. The number of hydrogen-bond acceptors (Lipinski definition) is 3. The maximum absolute atomic E-state index is 4.65. The summed E-state index contributed by atoms with van der Waals surface area (Å²) < 4.78 is 0. The van der Waals surface area contributed by atoms with Crippen LogP contribution in [0.4, 0.5) is 5.82 Å². The van der Waals surface area contributed by atoms with Crippen molar-refractivity contribution in [1.82, 2.24) is 10.3 Å². The molecule has 0 aliphatic rings. The van der Waals surface area contributed by atoms with E-state index in [1.165, 1.54) is 5.56 Å². The molecule has 0 radical (unpaired) electrons. The molecule has 0 saturated heterocycles. The fourth-order valence-corrected chi connectivity index (χ4v) is 1.86. The van der Waals surface area contributed by atoms with E-state index in [0.717, 1.165) is 43.1 Å². The molecular weight excluding hydrogens is 222 g/mol. The summed E-state index contributed by atoms with van der Waals surface area (Å²) in [5.74, 6) is 1.01. The van der Waals surface area contributed by atoms with Crippen molar-refractivity contribution in [1.29, 1.82) is 0 Å². The molecule has 0 saturated carbocycles. The first-order valence-electron chi connectivity index (χ1n) is 6.57. The molecule has 0 fully saturated rings. The SMILES string of the molecule is C=C(C)CN(C)c1ccc(CNCCC)c(C)n1. The van der Waals surface area contributed by atoms with Gasteiger partial charge < -0.3 is 10.2 Å². The Labute approximate surface area is 111 Å². The molecule has 0 aromatic carbocycles. The normalized spacial score (nSPS) is 10.4. The molecule has 1 aromatic heterocycles. The lowest BCUT2D eigenvalue weighted by molar-refractivity contribution is 0.671. The monoisotopic (exact) mass is 247 g/mol. The van der Waals surface area contributed by atoms with Gasteiger partial charge in [-0.15, -0.1) is 0 Å². The predicted octanol–water partition coefficient (Wildman–Crippen LogP) is 2.90. The molecule has 100 valence electrons. The molecule has 0 bridgehead atoms. The Balaban J connectivity index is 2.69. The van der Waals surface area contributed by atoms with E-state index in [9.17, 15) is 0 Å². The molecule has 0 atom stereocenters. The van der Waals surface area contributed by atoms with Gasteiger partial charge in [-0.3, -0.25) is 0 Å². The van der Waals surface area contributed by atoms with Crippen LogP contribution in [0.15, 0.2) is 24.3 Å². The number of hydrogen-bond donors (Lipinski definition) is 1. The first-order valence-corrected chi connectivity index (χ1v) is 6.57. The molecule has 18 heavy (non-hydrogen) atoms. The summed E-state index contributed by atoms with van der Waals surface area (Å²) >= 11 is 0. The Kier molecular flexibility index (Phi) is 5.86. The van der Waals surface area contributed by atoms with Gasteiger partial charge in [-0.05, 0) is 38.4 Å².